The Labute approximate surface area is 203 Å². The molecule has 0 aliphatic heterocycles. The van der Waals surface area contributed by atoms with E-state index in [0.29, 0.717) is 28.3 Å². The van der Waals surface area contributed by atoms with Crippen LogP contribution in [0.5, 0.6) is 0 Å². The van der Waals surface area contributed by atoms with Crippen molar-refractivity contribution in [1.29, 1.82) is 0 Å². The van der Waals surface area contributed by atoms with Gasteiger partial charge in [0.05, 0.1) is 28.2 Å². The van der Waals surface area contributed by atoms with Crippen molar-refractivity contribution in [2.24, 2.45) is 0 Å². The van der Waals surface area contributed by atoms with Crippen molar-refractivity contribution in [1.82, 2.24) is 15.0 Å². The maximum Gasteiger partial charge on any atom is 0.269 e. The molecule has 0 radical (unpaired) electrons. The number of thiophene rings is 1. The van der Waals surface area contributed by atoms with E-state index in [-0.39, 0.29) is 11.6 Å². The van der Waals surface area contributed by atoms with Crippen LogP contribution in [-0.4, -0.2) is 25.8 Å². The van der Waals surface area contributed by atoms with Crippen molar-refractivity contribution < 1.29 is 9.72 Å². The van der Waals surface area contributed by atoms with Crippen LogP contribution in [-0.2, 0) is 0 Å². The van der Waals surface area contributed by atoms with E-state index in [2.05, 4.69) is 15.6 Å². The lowest BCUT2D eigenvalue weighted by atomic mass is 10.1. The van der Waals surface area contributed by atoms with Crippen LogP contribution in [0.1, 0.15) is 10.4 Å². The van der Waals surface area contributed by atoms with Crippen LogP contribution in [0, 0.1) is 10.1 Å². The highest BCUT2D eigenvalue weighted by atomic mass is 32.1. The van der Waals surface area contributed by atoms with E-state index < -0.39 is 4.92 Å². The zero-order valence-electron chi connectivity index (χ0n) is 18.2. The van der Waals surface area contributed by atoms with E-state index in [1.54, 1.807) is 60.0 Å². The molecule has 0 saturated carbocycles. The zero-order chi connectivity index (χ0) is 24.4. The van der Waals surface area contributed by atoms with Crippen LogP contribution in [0.3, 0.4) is 0 Å². The number of rotatable bonds is 6. The summed E-state index contributed by atoms with van der Waals surface area (Å²) in [7, 11) is 0. The van der Waals surface area contributed by atoms with Crippen LogP contribution < -0.4 is 11.1 Å². The lowest BCUT2D eigenvalue weighted by molar-refractivity contribution is -0.384. The van der Waals surface area contributed by atoms with E-state index in [4.69, 9.17) is 5.73 Å². The summed E-state index contributed by atoms with van der Waals surface area (Å²) in [5.41, 5.74) is 10.6. The monoisotopic (exact) mass is 482 g/mol. The Balaban J connectivity index is 1.31. The van der Waals surface area contributed by atoms with Crippen molar-refractivity contribution in [3.05, 3.63) is 106 Å². The third-order valence-electron chi connectivity index (χ3n) is 5.37. The van der Waals surface area contributed by atoms with Gasteiger partial charge >= 0.3 is 0 Å². The molecule has 5 aromatic rings. The SMILES string of the molecule is Nc1ccc(-c2cccs2)cc1NC(=O)c1ccc(-c2cn(-c3ccc([N+](=O)[O-])cc3)nn2)cc1. The Bertz CT molecular complexity index is 1510. The number of nitro groups is 1. The number of carbonyl (C=O) groups excluding carboxylic acids is 1. The number of benzene rings is 3. The largest absolute Gasteiger partial charge is 0.397 e. The van der Waals surface area contributed by atoms with E-state index >= 15 is 0 Å². The number of aromatic nitrogens is 3. The predicted octanol–water partition coefficient (Wildman–Crippen LogP) is 5.41. The van der Waals surface area contributed by atoms with E-state index in [1.165, 1.54) is 16.8 Å². The van der Waals surface area contributed by atoms with Crippen molar-refractivity contribution >= 4 is 34.3 Å². The number of hydrogen-bond donors (Lipinski definition) is 2. The summed E-state index contributed by atoms with van der Waals surface area (Å²) < 4.78 is 1.53. The molecule has 0 bridgehead atoms. The predicted molar refractivity (Wildman–Crippen MR) is 136 cm³/mol. The highest BCUT2D eigenvalue weighted by Crippen LogP contribution is 2.30. The first-order chi connectivity index (χ1) is 17.0. The van der Waals surface area contributed by atoms with Gasteiger partial charge in [-0.3, -0.25) is 14.9 Å². The van der Waals surface area contributed by atoms with Gasteiger partial charge in [-0.25, -0.2) is 4.68 Å². The number of anilines is 2. The minimum absolute atomic E-state index is 0.00274. The Kier molecular flexibility index (Phi) is 5.78. The van der Waals surface area contributed by atoms with Gasteiger partial charge in [0.2, 0.25) is 0 Å². The Morgan fingerprint density at radius 1 is 1.00 bits per heavy atom. The summed E-state index contributed by atoms with van der Waals surface area (Å²) in [5, 5.41) is 24.0. The molecule has 3 aromatic carbocycles. The van der Waals surface area contributed by atoms with Crippen molar-refractivity contribution in [2.75, 3.05) is 11.1 Å². The molecule has 172 valence electrons. The number of nitrogens with zero attached hydrogens (tertiary/aromatic N) is 4. The first-order valence-corrected chi connectivity index (χ1v) is 11.4. The molecule has 0 aliphatic rings. The quantitative estimate of drug-likeness (QED) is 0.189. The second-order valence-electron chi connectivity index (χ2n) is 7.63. The van der Waals surface area contributed by atoms with Crippen molar-refractivity contribution in [2.45, 2.75) is 0 Å². The van der Waals surface area contributed by atoms with E-state index in [0.717, 1.165) is 16.0 Å². The first kappa shape index (κ1) is 22.0. The molecule has 2 aromatic heterocycles. The lowest BCUT2D eigenvalue weighted by Crippen LogP contribution is -2.13. The first-order valence-electron chi connectivity index (χ1n) is 10.5. The van der Waals surface area contributed by atoms with Gasteiger partial charge in [-0.15, -0.1) is 16.4 Å². The van der Waals surface area contributed by atoms with Gasteiger partial charge in [-0.05, 0) is 53.4 Å². The highest BCUT2D eigenvalue weighted by molar-refractivity contribution is 7.13. The maximum atomic E-state index is 12.8. The van der Waals surface area contributed by atoms with Gasteiger partial charge in [0.15, 0.2) is 0 Å². The summed E-state index contributed by atoms with van der Waals surface area (Å²) >= 11 is 1.61. The highest BCUT2D eigenvalue weighted by Gasteiger charge is 2.12. The third kappa shape index (κ3) is 4.63. The smallest absolute Gasteiger partial charge is 0.269 e. The average molecular weight is 483 g/mol. The van der Waals surface area contributed by atoms with Crippen LogP contribution in [0.2, 0.25) is 0 Å². The number of hydrogen-bond acceptors (Lipinski definition) is 7. The van der Waals surface area contributed by atoms with Gasteiger partial charge in [0.25, 0.3) is 11.6 Å². The fourth-order valence-corrected chi connectivity index (χ4v) is 4.22. The number of nitrogens with two attached hydrogens (primary N) is 1. The van der Waals surface area contributed by atoms with Crippen LogP contribution in [0.25, 0.3) is 27.4 Å². The fourth-order valence-electron chi connectivity index (χ4n) is 3.50. The molecule has 3 N–H and O–H groups in total. The summed E-state index contributed by atoms with van der Waals surface area (Å²) in [5.74, 6) is -0.277. The topological polar surface area (TPSA) is 129 Å². The minimum atomic E-state index is -0.455. The zero-order valence-corrected chi connectivity index (χ0v) is 19.0. The molecule has 0 spiro atoms. The normalized spacial score (nSPS) is 10.7. The summed E-state index contributed by atoms with van der Waals surface area (Å²) in [4.78, 5) is 24.3. The van der Waals surface area contributed by atoms with E-state index in [9.17, 15) is 14.9 Å². The maximum absolute atomic E-state index is 12.8. The van der Waals surface area contributed by atoms with Gasteiger partial charge in [-0.1, -0.05) is 29.5 Å². The van der Waals surface area contributed by atoms with Crippen LogP contribution in [0.4, 0.5) is 17.1 Å². The summed E-state index contributed by atoms with van der Waals surface area (Å²) in [6, 6.07) is 22.5. The number of nitrogens with one attached hydrogen (secondary N) is 1. The molecular weight excluding hydrogens is 464 g/mol. The van der Waals surface area contributed by atoms with Crippen LogP contribution >= 0.6 is 11.3 Å². The molecule has 1 amide bonds. The molecular formula is C25H18N6O3S. The number of carbonyl (C=O) groups is 1. The second-order valence-corrected chi connectivity index (χ2v) is 8.58. The van der Waals surface area contributed by atoms with Crippen LogP contribution in [0.15, 0.2) is 90.4 Å². The fraction of sp³-hybridized carbons (Fsp3) is 0. The van der Waals surface area contributed by atoms with Gasteiger partial charge < -0.3 is 11.1 Å². The Hall–Kier alpha value is -4.83. The molecule has 0 saturated heterocycles. The molecule has 35 heavy (non-hydrogen) atoms. The minimum Gasteiger partial charge on any atom is -0.397 e. The molecule has 9 nitrogen and oxygen atoms in total. The molecule has 10 heteroatoms. The molecule has 0 unspecified atom stereocenters. The summed E-state index contributed by atoms with van der Waals surface area (Å²) in [6.07, 6.45) is 1.72. The number of nitro benzene ring substituents is 1. The molecule has 2 heterocycles. The lowest BCUT2D eigenvalue weighted by Gasteiger charge is -2.10. The van der Waals surface area contributed by atoms with Gasteiger partial charge in [0, 0.05) is 28.1 Å². The van der Waals surface area contributed by atoms with Crippen molar-refractivity contribution in [3.63, 3.8) is 0 Å². The van der Waals surface area contributed by atoms with E-state index in [1.807, 2.05) is 29.6 Å². The summed E-state index contributed by atoms with van der Waals surface area (Å²) in [6.45, 7) is 0. The number of amides is 1. The Morgan fingerprint density at radius 3 is 2.43 bits per heavy atom. The standard InChI is InChI=1S/C25H18N6O3S/c26-21-12-7-18(24-2-1-13-35-24)14-22(21)27-25(32)17-5-3-16(4-6-17)23-15-30(29-28-23)19-8-10-20(11-9-19)31(33)34/h1-15H,26H2,(H,27,32). The number of nitrogen functional groups attached to an aromatic ring is 1. The molecule has 0 atom stereocenters. The van der Waals surface area contributed by atoms with Gasteiger partial charge in [0.1, 0.15) is 5.69 Å². The molecule has 0 fully saturated rings. The third-order valence-corrected chi connectivity index (χ3v) is 6.29. The number of non-ortho nitro benzene ring substituents is 1. The molecule has 5 rings (SSSR count). The second kappa shape index (κ2) is 9.20. The van der Waals surface area contributed by atoms with Crippen molar-refractivity contribution in [3.8, 4) is 27.4 Å². The Morgan fingerprint density at radius 2 is 1.74 bits per heavy atom. The molecule has 0 aliphatic carbocycles. The van der Waals surface area contributed by atoms with Gasteiger partial charge in [-0.2, -0.15) is 0 Å². The average Bonchev–Trinajstić information content (AvgIpc) is 3.59.